The smallest absolute Gasteiger partial charge is 0.278 e. The summed E-state index contributed by atoms with van der Waals surface area (Å²) in [5, 5.41) is 12.1. The van der Waals surface area contributed by atoms with Crippen molar-refractivity contribution in [1.29, 1.82) is 0 Å². The molecular weight excluding hydrogens is 440 g/mol. The minimum absolute atomic E-state index is 0.0793. The number of nitrogens with one attached hydrogen (secondary N) is 2. The predicted octanol–water partition coefficient (Wildman–Crippen LogP) is 4.24. The highest BCUT2D eigenvalue weighted by molar-refractivity contribution is 5.77. The summed E-state index contributed by atoms with van der Waals surface area (Å²) in [6.07, 6.45) is 3.53. The van der Waals surface area contributed by atoms with Gasteiger partial charge in [0, 0.05) is 48.7 Å². The molecule has 3 aromatic heterocycles. The molecule has 184 valence electrons. The molecule has 2 N–H and O–H groups in total. The van der Waals surface area contributed by atoms with Crippen LogP contribution in [0.3, 0.4) is 0 Å². The number of fused-ring (bicyclic) bond motifs is 2. The van der Waals surface area contributed by atoms with Crippen molar-refractivity contribution in [2.45, 2.75) is 72.0 Å². The van der Waals surface area contributed by atoms with Gasteiger partial charge in [0.25, 0.3) is 5.56 Å². The van der Waals surface area contributed by atoms with Crippen LogP contribution in [0.1, 0.15) is 65.6 Å². The molecule has 1 aromatic carbocycles. The van der Waals surface area contributed by atoms with Gasteiger partial charge in [-0.15, -0.1) is 0 Å². The van der Waals surface area contributed by atoms with Crippen molar-refractivity contribution in [3.63, 3.8) is 0 Å². The summed E-state index contributed by atoms with van der Waals surface area (Å²) in [5.41, 5.74) is 3.85. The lowest BCUT2D eigenvalue weighted by atomic mass is 9.79. The first-order valence-electron chi connectivity index (χ1n) is 12.1. The second-order valence-corrected chi connectivity index (χ2v) is 11.3. The van der Waals surface area contributed by atoms with E-state index in [1.807, 2.05) is 30.8 Å². The molecule has 4 heterocycles. The van der Waals surface area contributed by atoms with Gasteiger partial charge in [-0.1, -0.05) is 19.9 Å². The van der Waals surface area contributed by atoms with Gasteiger partial charge in [0.2, 0.25) is 5.95 Å². The van der Waals surface area contributed by atoms with Gasteiger partial charge < -0.3 is 10.6 Å². The van der Waals surface area contributed by atoms with Crippen molar-refractivity contribution >= 4 is 22.7 Å². The Labute approximate surface area is 205 Å². The Morgan fingerprint density at radius 1 is 1.17 bits per heavy atom. The zero-order valence-corrected chi connectivity index (χ0v) is 21.5. The van der Waals surface area contributed by atoms with Crippen LogP contribution in [0.5, 0.6) is 0 Å². The number of hydrogen-bond acceptors (Lipinski definition) is 6. The summed E-state index contributed by atoms with van der Waals surface area (Å²) in [5.74, 6) is 1.08. The second kappa shape index (κ2) is 8.05. The molecule has 0 saturated heterocycles. The second-order valence-electron chi connectivity index (χ2n) is 11.3. The molecule has 9 heteroatoms. The third kappa shape index (κ3) is 4.03. The number of rotatable bonds is 4. The van der Waals surface area contributed by atoms with Crippen molar-refractivity contribution in [3.05, 3.63) is 58.1 Å². The highest BCUT2D eigenvalue weighted by Crippen LogP contribution is 2.32. The van der Waals surface area contributed by atoms with Gasteiger partial charge in [-0.2, -0.15) is 10.1 Å². The van der Waals surface area contributed by atoms with Crippen LogP contribution >= 0.6 is 0 Å². The van der Waals surface area contributed by atoms with Gasteiger partial charge in [-0.05, 0) is 57.9 Å². The first kappa shape index (κ1) is 23.3. The molecule has 0 amide bonds. The Morgan fingerprint density at radius 2 is 1.94 bits per heavy atom. The van der Waals surface area contributed by atoms with Gasteiger partial charge in [0.15, 0.2) is 11.5 Å². The molecule has 0 atom stereocenters. The summed E-state index contributed by atoms with van der Waals surface area (Å²) in [7, 11) is 0. The molecule has 4 aromatic rings. The number of benzene rings is 1. The lowest BCUT2D eigenvalue weighted by Gasteiger charge is -2.33. The predicted molar refractivity (Wildman–Crippen MR) is 139 cm³/mol. The molecule has 0 spiro atoms. The van der Waals surface area contributed by atoms with E-state index in [0.717, 1.165) is 18.8 Å². The SMILES string of the molecule is CC(C)n1c(=O)c2cnc(Nc3ccc4c(c3)CNCC4(C)C)nc2n1-c1ccn(C(C)(C)C)n1. The summed E-state index contributed by atoms with van der Waals surface area (Å²) >= 11 is 0. The van der Waals surface area contributed by atoms with Gasteiger partial charge in [0.05, 0.1) is 5.54 Å². The van der Waals surface area contributed by atoms with Crippen molar-refractivity contribution in [2.75, 3.05) is 11.9 Å². The van der Waals surface area contributed by atoms with Crippen LogP contribution in [-0.4, -0.2) is 35.7 Å². The third-order valence-electron chi connectivity index (χ3n) is 6.56. The van der Waals surface area contributed by atoms with Crippen LogP contribution in [0.25, 0.3) is 16.9 Å². The number of aromatic nitrogens is 6. The van der Waals surface area contributed by atoms with E-state index in [1.54, 1.807) is 15.6 Å². The molecule has 0 saturated carbocycles. The standard InChI is InChI=1S/C26H34N8O/c1-16(2)33-23(35)19-14-28-24(29-18-8-9-20-17(12-18)13-27-15-26(20,6)7)30-22(19)34(33)21-10-11-32(31-21)25(3,4)5/h8-12,14,16,27H,13,15H2,1-7H3,(H,28,29,30). The van der Waals surface area contributed by atoms with Gasteiger partial charge in [0.1, 0.15) is 5.39 Å². The maximum atomic E-state index is 13.3. The monoisotopic (exact) mass is 474 g/mol. The van der Waals surface area contributed by atoms with E-state index >= 15 is 0 Å². The molecule has 0 aliphatic carbocycles. The Hall–Kier alpha value is -3.46. The fourth-order valence-corrected chi connectivity index (χ4v) is 4.76. The van der Waals surface area contributed by atoms with E-state index in [4.69, 9.17) is 10.1 Å². The molecule has 0 unspecified atom stereocenters. The van der Waals surface area contributed by atoms with Gasteiger partial charge >= 0.3 is 0 Å². The molecule has 0 fully saturated rings. The quantitative estimate of drug-likeness (QED) is 0.459. The molecule has 35 heavy (non-hydrogen) atoms. The van der Waals surface area contributed by atoms with Crippen LogP contribution in [0.15, 0.2) is 41.5 Å². The van der Waals surface area contributed by atoms with Crippen LogP contribution < -0.4 is 16.2 Å². The highest BCUT2D eigenvalue weighted by atomic mass is 16.1. The lowest BCUT2D eigenvalue weighted by Crippen LogP contribution is -2.38. The summed E-state index contributed by atoms with van der Waals surface area (Å²) in [4.78, 5) is 22.5. The molecule has 5 rings (SSSR count). The first-order chi connectivity index (χ1) is 16.5. The molecular formula is C26H34N8O. The normalized spacial score (nSPS) is 15.5. The lowest BCUT2D eigenvalue weighted by molar-refractivity contribution is 0.352. The van der Waals surface area contributed by atoms with Crippen molar-refractivity contribution in [2.24, 2.45) is 0 Å². The highest BCUT2D eigenvalue weighted by Gasteiger charge is 2.27. The fraction of sp³-hybridized carbons (Fsp3) is 0.462. The van der Waals surface area contributed by atoms with E-state index in [2.05, 4.69) is 68.4 Å². The number of anilines is 2. The van der Waals surface area contributed by atoms with Crippen LogP contribution in [-0.2, 0) is 17.5 Å². The summed E-state index contributed by atoms with van der Waals surface area (Å²) in [6, 6.07) is 8.23. The minimum atomic E-state index is -0.179. The van der Waals surface area contributed by atoms with Gasteiger partial charge in [-0.3, -0.25) is 9.48 Å². The Kier molecular flexibility index (Phi) is 5.36. The Bertz CT molecular complexity index is 1470. The average Bonchev–Trinajstić information content (AvgIpc) is 3.36. The first-order valence-corrected chi connectivity index (χ1v) is 12.1. The summed E-state index contributed by atoms with van der Waals surface area (Å²) < 4.78 is 5.38. The van der Waals surface area contributed by atoms with Crippen LogP contribution in [0.4, 0.5) is 11.6 Å². The number of nitrogens with zero attached hydrogens (tertiary/aromatic N) is 6. The van der Waals surface area contributed by atoms with E-state index in [9.17, 15) is 4.79 Å². The molecule has 9 nitrogen and oxygen atoms in total. The van der Waals surface area contributed by atoms with Crippen LogP contribution in [0, 0.1) is 0 Å². The molecule has 1 aliphatic rings. The van der Waals surface area contributed by atoms with Gasteiger partial charge in [-0.25, -0.2) is 14.3 Å². The van der Waals surface area contributed by atoms with E-state index < -0.39 is 0 Å². The zero-order valence-electron chi connectivity index (χ0n) is 21.5. The fourth-order valence-electron chi connectivity index (χ4n) is 4.76. The van der Waals surface area contributed by atoms with Crippen molar-refractivity contribution < 1.29 is 0 Å². The Balaban J connectivity index is 1.59. The maximum absolute atomic E-state index is 13.3. The zero-order chi connectivity index (χ0) is 25.1. The topological polar surface area (TPSA) is 94.6 Å². The molecule has 0 bridgehead atoms. The Morgan fingerprint density at radius 3 is 2.63 bits per heavy atom. The largest absolute Gasteiger partial charge is 0.324 e. The van der Waals surface area contributed by atoms with Crippen molar-refractivity contribution in [3.8, 4) is 5.82 Å². The minimum Gasteiger partial charge on any atom is -0.324 e. The third-order valence-corrected chi connectivity index (χ3v) is 6.56. The number of hydrogen-bond donors (Lipinski definition) is 2. The molecule has 1 aliphatic heterocycles. The maximum Gasteiger partial charge on any atom is 0.278 e. The van der Waals surface area contributed by atoms with Crippen LogP contribution in [0.2, 0.25) is 0 Å². The summed E-state index contributed by atoms with van der Waals surface area (Å²) in [6.45, 7) is 16.5. The van der Waals surface area contributed by atoms with E-state index in [0.29, 0.717) is 22.8 Å². The molecule has 0 radical (unpaired) electrons. The van der Waals surface area contributed by atoms with Crippen molar-refractivity contribution in [1.82, 2.24) is 34.4 Å². The average molecular weight is 475 g/mol. The van der Waals surface area contributed by atoms with E-state index in [-0.39, 0.29) is 22.6 Å². The van der Waals surface area contributed by atoms with E-state index in [1.165, 1.54) is 11.1 Å².